The van der Waals surface area contributed by atoms with Gasteiger partial charge in [-0.25, -0.2) is 9.37 Å². The molecule has 0 amide bonds. The average molecular weight is 366 g/mol. The van der Waals surface area contributed by atoms with Crippen LogP contribution in [0.1, 0.15) is 11.3 Å². The fourth-order valence-corrected chi connectivity index (χ4v) is 4.84. The lowest BCUT2D eigenvalue weighted by molar-refractivity contribution is 0.629. The summed E-state index contributed by atoms with van der Waals surface area (Å²) in [4.78, 5) is 6.93. The molecule has 1 N–H and O–H groups in total. The number of aryl methyl sites for hydroxylation is 1. The van der Waals surface area contributed by atoms with E-state index in [-0.39, 0.29) is 5.82 Å². The van der Waals surface area contributed by atoms with Crippen molar-refractivity contribution in [1.82, 2.24) is 9.55 Å². The summed E-state index contributed by atoms with van der Waals surface area (Å²) in [7, 11) is 3.97. The average Bonchev–Trinajstić information content (AvgIpc) is 3.20. The molecule has 0 saturated heterocycles. The van der Waals surface area contributed by atoms with Crippen LogP contribution in [0.4, 0.5) is 15.2 Å². The molecule has 0 saturated carbocycles. The number of hydrogen-bond donors (Lipinski definition) is 1. The van der Waals surface area contributed by atoms with Crippen LogP contribution in [0.25, 0.3) is 21.1 Å². The summed E-state index contributed by atoms with van der Waals surface area (Å²) in [5.74, 6) is -0.173. The molecule has 0 atom stereocenters. The van der Waals surface area contributed by atoms with Gasteiger partial charge in [-0.3, -0.25) is 0 Å². The predicted octanol–water partition coefficient (Wildman–Crippen LogP) is 4.53. The van der Waals surface area contributed by atoms with Gasteiger partial charge in [0.15, 0.2) is 5.13 Å². The van der Waals surface area contributed by atoms with Crippen LogP contribution in [0.5, 0.6) is 0 Å². The maximum atomic E-state index is 13.8. The second-order valence-electron chi connectivity index (χ2n) is 6.74. The Labute approximate surface area is 154 Å². The van der Waals surface area contributed by atoms with E-state index < -0.39 is 0 Å². The Hall–Kier alpha value is -2.60. The van der Waals surface area contributed by atoms with E-state index in [0.29, 0.717) is 0 Å². The molecule has 6 heteroatoms. The number of rotatable bonds is 2. The number of aromatic nitrogens is 2. The molecule has 26 heavy (non-hydrogen) atoms. The standard InChI is InChI=1S/C20H19FN4S/c1-22-20-23-16-5-4-13(10-19(16)26-20)25-8-7-18-15(11-25)14-9-12(21)3-6-17(14)24(18)2/h3-6,9-10H,7-8,11H2,1-2H3,(H,22,23). The third kappa shape index (κ3) is 2.29. The van der Waals surface area contributed by atoms with Crippen molar-refractivity contribution >= 4 is 43.3 Å². The molecule has 4 aromatic rings. The molecule has 0 bridgehead atoms. The highest BCUT2D eigenvalue weighted by molar-refractivity contribution is 7.22. The number of thiazole rings is 1. The summed E-state index contributed by atoms with van der Waals surface area (Å²) in [5.41, 5.74) is 5.89. The number of nitrogens with zero attached hydrogens (tertiary/aromatic N) is 3. The van der Waals surface area contributed by atoms with Gasteiger partial charge in [0.2, 0.25) is 0 Å². The van der Waals surface area contributed by atoms with E-state index in [1.807, 2.05) is 13.1 Å². The normalized spacial score (nSPS) is 14.2. The van der Waals surface area contributed by atoms with Crippen molar-refractivity contribution in [3.63, 3.8) is 0 Å². The van der Waals surface area contributed by atoms with Gasteiger partial charge in [0.05, 0.1) is 10.2 Å². The first-order valence-corrected chi connectivity index (χ1v) is 9.54. The highest BCUT2D eigenvalue weighted by Gasteiger charge is 2.23. The van der Waals surface area contributed by atoms with Crippen LogP contribution in [0, 0.1) is 5.82 Å². The third-order valence-corrected chi connectivity index (χ3v) is 6.35. The monoisotopic (exact) mass is 366 g/mol. The Bertz CT molecular complexity index is 1140. The van der Waals surface area contributed by atoms with E-state index in [4.69, 9.17) is 0 Å². The second kappa shape index (κ2) is 5.71. The van der Waals surface area contributed by atoms with Crippen LogP contribution >= 0.6 is 11.3 Å². The fourth-order valence-electron chi connectivity index (χ4n) is 3.99. The molecule has 2 aromatic carbocycles. The smallest absolute Gasteiger partial charge is 0.183 e. The molecule has 4 nitrogen and oxygen atoms in total. The number of benzene rings is 2. The zero-order valence-electron chi connectivity index (χ0n) is 14.7. The van der Waals surface area contributed by atoms with Crippen molar-refractivity contribution in [2.75, 3.05) is 23.8 Å². The maximum absolute atomic E-state index is 13.8. The van der Waals surface area contributed by atoms with E-state index in [9.17, 15) is 4.39 Å². The van der Waals surface area contributed by atoms with Gasteiger partial charge in [0, 0.05) is 61.5 Å². The molecular weight excluding hydrogens is 347 g/mol. The molecule has 1 aliphatic heterocycles. The highest BCUT2D eigenvalue weighted by Crippen LogP contribution is 2.35. The van der Waals surface area contributed by atoms with Gasteiger partial charge in [0.1, 0.15) is 5.82 Å². The molecule has 1 aliphatic rings. The van der Waals surface area contributed by atoms with E-state index in [0.717, 1.165) is 41.1 Å². The molecule has 0 aliphatic carbocycles. The topological polar surface area (TPSA) is 33.1 Å². The number of nitrogens with one attached hydrogen (secondary N) is 1. The van der Waals surface area contributed by atoms with Crippen molar-refractivity contribution in [3.8, 4) is 0 Å². The summed E-state index contributed by atoms with van der Waals surface area (Å²) >= 11 is 1.67. The molecule has 2 aromatic heterocycles. The van der Waals surface area contributed by atoms with Crippen LogP contribution in [0.3, 0.4) is 0 Å². The van der Waals surface area contributed by atoms with Crippen LogP contribution in [-0.4, -0.2) is 23.1 Å². The van der Waals surface area contributed by atoms with Crippen molar-refractivity contribution in [2.24, 2.45) is 7.05 Å². The van der Waals surface area contributed by atoms with E-state index in [1.54, 1.807) is 23.5 Å². The van der Waals surface area contributed by atoms with Gasteiger partial charge >= 0.3 is 0 Å². The van der Waals surface area contributed by atoms with Gasteiger partial charge in [-0.15, -0.1) is 0 Å². The molecular formula is C20H19FN4S. The van der Waals surface area contributed by atoms with Gasteiger partial charge in [0.25, 0.3) is 0 Å². The zero-order valence-corrected chi connectivity index (χ0v) is 15.5. The summed E-state index contributed by atoms with van der Waals surface area (Å²) in [5, 5.41) is 5.08. The van der Waals surface area contributed by atoms with Gasteiger partial charge in [-0.2, -0.15) is 0 Å². The van der Waals surface area contributed by atoms with E-state index in [1.165, 1.54) is 21.6 Å². The van der Waals surface area contributed by atoms with Gasteiger partial charge < -0.3 is 14.8 Å². The molecule has 132 valence electrons. The first-order valence-electron chi connectivity index (χ1n) is 8.73. The number of halogens is 1. The molecule has 0 spiro atoms. The van der Waals surface area contributed by atoms with E-state index in [2.05, 4.69) is 45.0 Å². The Morgan fingerprint density at radius 2 is 2.08 bits per heavy atom. The van der Waals surface area contributed by atoms with Crippen LogP contribution < -0.4 is 10.2 Å². The largest absolute Gasteiger partial charge is 0.367 e. The lowest BCUT2D eigenvalue weighted by Crippen LogP contribution is -2.30. The Balaban J connectivity index is 1.57. The van der Waals surface area contributed by atoms with Crippen LogP contribution in [0.2, 0.25) is 0 Å². The summed E-state index contributed by atoms with van der Waals surface area (Å²) in [6.07, 6.45) is 0.963. The molecule has 0 radical (unpaired) electrons. The molecule has 0 fully saturated rings. The highest BCUT2D eigenvalue weighted by atomic mass is 32.1. The summed E-state index contributed by atoms with van der Waals surface area (Å²) in [6, 6.07) is 11.5. The van der Waals surface area contributed by atoms with Gasteiger partial charge in [-0.1, -0.05) is 11.3 Å². The van der Waals surface area contributed by atoms with E-state index >= 15 is 0 Å². The Kier molecular flexibility index (Phi) is 3.43. The number of hydrogen-bond acceptors (Lipinski definition) is 4. The lowest BCUT2D eigenvalue weighted by atomic mass is 10.0. The Morgan fingerprint density at radius 3 is 2.92 bits per heavy atom. The maximum Gasteiger partial charge on any atom is 0.183 e. The van der Waals surface area contributed by atoms with Gasteiger partial charge in [-0.05, 0) is 36.4 Å². The summed E-state index contributed by atoms with van der Waals surface area (Å²) < 4.78 is 17.2. The predicted molar refractivity (Wildman–Crippen MR) is 107 cm³/mol. The minimum atomic E-state index is -0.173. The molecule has 5 rings (SSSR count). The third-order valence-electron chi connectivity index (χ3n) is 5.32. The first-order chi connectivity index (χ1) is 12.6. The SMILES string of the molecule is CNc1nc2ccc(N3CCc4c(c5cc(F)ccc5n4C)C3)cc2s1. The lowest BCUT2D eigenvalue weighted by Gasteiger charge is -2.30. The zero-order chi connectivity index (χ0) is 17.8. The van der Waals surface area contributed by atoms with Crippen molar-refractivity contribution in [3.05, 3.63) is 53.5 Å². The Morgan fingerprint density at radius 1 is 1.19 bits per heavy atom. The quantitative estimate of drug-likeness (QED) is 0.566. The number of anilines is 2. The summed E-state index contributed by atoms with van der Waals surface area (Å²) in [6.45, 7) is 1.77. The number of fused-ring (bicyclic) bond motifs is 4. The van der Waals surface area contributed by atoms with Crippen molar-refractivity contribution < 1.29 is 4.39 Å². The molecule has 3 heterocycles. The first kappa shape index (κ1) is 15.6. The minimum Gasteiger partial charge on any atom is -0.367 e. The van der Waals surface area contributed by atoms with Crippen LogP contribution in [-0.2, 0) is 20.0 Å². The van der Waals surface area contributed by atoms with Crippen molar-refractivity contribution in [1.29, 1.82) is 0 Å². The second-order valence-corrected chi connectivity index (χ2v) is 7.77. The fraction of sp³-hybridized carbons (Fsp3) is 0.250. The van der Waals surface area contributed by atoms with Crippen molar-refractivity contribution in [2.45, 2.75) is 13.0 Å². The van der Waals surface area contributed by atoms with Crippen LogP contribution in [0.15, 0.2) is 36.4 Å². The molecule has 0 unspecified atom stereocenters. The minimum absolute atomic E-state index is 0.173.